The van der Waals surface area contributed by atoms with Gasteiger partial charge in [-0.15, -0.1) is 0 Å². The monoisotopic (exact) mass is 267 g/mol. The molecule has 1 aliphatic rings. The molecule has 1 aromatic rings. The molecule has 1 aromatic carbocycles. The topological polar surface area (TPSA) is 12.5 Å². The Morgan fingerprint density at radius 2 is 2.00 bits per heavy atom. The summed E-state index contributed by atoms with van der Waals surface area (Å²) < 4.78 is 5.73. The third kappa shape index (κ3) is 4.18. The van der Waals surface area contributed by atoms with Gasteiger partial charge in [-0.2, -0.15) is 0 Å². The van der Waals surface area contributed by atoms with E-state index in [1.807, 2.05) is 25.1 Å². The highest BCUT2D eigenvalue weighted by atomic mass is 35.5. The van der Waals surface area contributed by atoms with E-state index in [-0.39, 0.29) is 0 Å². The van der Waals surface area contributed by atoms with Crippen LogP contribution >= 0.6 is 11.6 Å². The van der Waals surface area contributed by atoms with Gasteiger partial charge in [-0.25, -0.2) is 0 Å². The molecule has 100 valence electrons. The second-order valence-corrected chi connectivity index (χ2v) is 5.42. The van der Waals surface area contributed by atoms with Gasteiger partial charge in [0.1, 0.15) is 5.75 Å². The Balaban J connectivity index is 1.61. The molecule has 0 amide bonds. The molecule has 1 heterocycles. The van der Waals surface area contributed by atoms with Gasteiger partial charge in [-0.1, -0.05) is 11.6 Å². The molecule has 1 aliphatic heterocycles. The number of halogens is 1. The van der Waals surface area contributed by atoms with Gasteiger partial charge < -0.3 is 9.64 Å². The van der Waals surface area contributed by atoms with Crippen LogP contribution in [0.3, 0.4) is 0 Å². The number of hydrogen-bond acceptors (Lipinski definition) is 2. The van der Waals surface area contributed by atoms with E-state index in [1.165, 1.54) is 38.9 Å². The summed E-state index contributed by atoms with van der Waals surface area (Å²) in [5, 5.41) is 0.802. The molecule has 1 saturated heterocycles. The zero-order valence-electron chi connectivity index (χ0n) is 11.1. The number of aryl methyl sites for hydroxylation is 1. The van der Waals surface area contributed by atoms with Crippen molar-refractivity contribution < 1.29 is 4.74 Å². The largest absolute Gasteiger partial charge is 0.494 e. The van der Waals surface area contributed by atoms with Gasteiger partial charge in [0.15, 0.2) is 0 Å². The van der Waals surface area contributed by atoms with Crippen molar-refractivity contribution in [2.45, 2.75) is 32.6 Å². The maximum absolute atomic E-state index is 5.98. The van der Waals surface area contributed by atoms with Crippen molar-refractivity contribution in [3.8, 4) is 5.75 Å². The average molecular weight is 268 g/mol. The van der Waals surface area contributed by atoms with E-state index in [4.69, 9.17) is 16.3 Å². The normalized spacial score (nSPS) is 16.1. The van der Waals surface area contributed by atoms with Crippen molar-refractivity contribution in [1.29, 1.82) is 0 Å². The summed E-state index contributed by atoms with van der Waals surface area (Å²) in [6.07, 6.45) is 5.10. The first-order valence-corrected chi connectivity index (χ1v) is 7.25. The van der Waals surface area contributed by atoms with Crippen LogP contribution in [0.5, 0.6) is 5.75 Å². The maximum atomic E-state index is 5.98. The highest BCUT2D eigenvalue weighted by molar-refractivity contribution is 6.31. The van der Waals surface area contributed by atoms with Crippen LogP contribution in [-0.2, 0) is 0 Å². The molecule has 0 radical (unpaired) electrons. The Kier molecular flexibility index (Phi) is 5.33. The second kappa shape index (κ2) is 7.01. The van der Waals surface area contributed by atoms with Crippen LogP contribution in [-0.4, -0.2) is 31.1 Å². The van der Waals surface area contributed by atoms with Crippen LogP contribution in [0.1, 0.15) is 31.2 Å². The summed E-state index contributed by atoms with van der Waals surface area (Å²) in [5.41, 5.74) is 1.08. The number of hydrogen-bond donors (Lipinski definition) is 0. The Morgan fingerprint density at radius 3 is 2.72 bits per heavy atom. The first kappa shape index (κ1) is 13.7. The van der Waals surface area contributed by atoms with Crippen molar-refractivity contribution in [3.05, 3.63) is 28.8 Å². The van der Waals surface area contributed by atoms with E-state index < -0.39 is 0 Å². The van der Waals surface area contributed by atoms with Crippen molar-refractivity contribution in [2.75, 3.05) is 26.2 Å². The molecule has 0 saturated carbocycles. The molecule has 0 unspecified atom stereocenters. The van der Waals surface area contributed by atoms with Crippen LogP contribution in [0.4, 0.5) is 0 Å². The van der Waals surface area contributed by atoms with Crippen molar-refractivity contribution in [2.24, 2.45) is 0 Å². The van der Waals surface area contributed by atoms with Gasteiger partial charge in [-0.05, 0) is 76.0 Å². The molecular formula is C15H22ClNO. The molecule has 2 nitrogen and oxygen atoms in total. The van der Waals surface area contributed by atoms with Crippen molar-refractivity contribution >= 4 is 11.6 Å². The Bertz CT molecular complexity index is 375. The molecule has 18 heavy (non-hydrogen) atoms. The molecule has 3 heteroatoms. The average Bonchev–Trinajstić information content (AvgIpc) is 2.86. The van der Waals surface area contributed by atoms with Gasteiger partial charge in [0.2, 0.25) is 0 Å². The van der Waals surface area contributed by atoms with Crippen LogP contribution in [0.25, 0.3) is 0 Å². The minimum absolute atomic E-state index is 0.801. The molecular weight excluding hydrogens is 246 g/mol. The second-order valence-electron chi connectivity index (χ2n) is 5.02. The third-order valence-electron chi connectivity index (χ3n) is 3.47. The lowest BCUT2D eigenvalue weighted by atomic mass is 10.2. The van der Waals surface area contributed by atoms with Crippen LogP contribution in [0.2, 0.25) is 5.02 Å². The first-order valence-electron chi connectivity index (χ1n) is 6.87. The molecule has 0 spiro atoms. The molecule has 0 bridgehead atoms. The van der Waals surface area contributed by atoms with E-state index in [0.29, 0.717) is 0 Å². The molecule has 2 rings (SSSR count). The number of rotatable bonds is 6. The van der Waals surface area contributed by atoms with Crippen LogP contribution < -0.4 is 4.74 Å². The molecule has 1 fully saturated rings. The molecule has 0 atom stereocenters. The van der Waals surface area contributed by atoms with E-state index in [0.717, 1.165) is 29.4 Å². The van der Waals surface area contributed by atoms with E-state index >= 15 is 0 Å². The predicted octanol–water partition coefficient (Wildman–Crippen LogP) is 3.90. The summed E-state index contributed by atoms with van der Waals surface area (Å²) in [5.74, 6) is 0.929. The highest BCUT2D eigenvalue weighted by Crippen LogP contribution is 2.21. The Labute approximate surface area is 115 Å². The van der Waals surface area contributed by atoms with E-state index in [9.17, 15) is 0 Å². The first-order chi connectivity index (χ1) is 8.75. The van der Waals surface area contributed by atoms with Gasteiger partial charge in [0.25, 0.3) is 0 Å². The summed E-state index contributed by atoms with van der Waals surface area (Å²) >= 11 is 5.98. The standard InChI is InChI=1S/C15H22ClNO/c1-13-12-14(6-7-15(13)16)18-11-5-4-10-17-8-2-3-9-17/h6-7,12H,2-5,8-11H2,1H3. The smallest absolute Gasteiger partial charge is 0.119 e. The Hall–Kier alpha value is -0.730. The van der Waals surface area contributed by atoms with E-state index in [2.05, 4.69) is 4.90 Å². The predicted molar refractivity (Wildman–Crippen MR) is 76.6 cm³/mol. The number of likely N-dealkylation sites (tertiary alicyclic amines) is 1. The highest BCUT2D eigenvalue weighted by Gasteiger charge is 2.10. The minimum atomic E-state index is 0.801. The quantitative estimate of drug-likeness (QED) is 0.725. The molecule has 0 N–H and O–H groups in total. The lowest BCUT2D eigenvalue weighted by Crippen LogP contribution is -2.20. The summed E-state index contributed by atoms with van der Waals surface area (Å²) in [4.78, 5) is 2.55. The summed E-state index contributed by atoms with van der Waals surface area (Å²) in [6, 6.07) is 5.84. The lowest BCUT2D eigenvalue weighted by Gasteiger charge is -2.14. The van der Waals surface area contributed by atoms with Crippen molar-refractivity contribution in [3.63, 3.8) is 0 Å². The number of nitrogens with zero attached hydrogens (tertiary/aromatic N) is 1. The SMILES string of the molecule is Cc1cc(OCCCCN2CCCC2)ccc1Cl. The lowest BCUT2D eigenvalue weighted by molar-refractivity contribution is 0.279. The van der Waals surface area contributed by atoms with E-state index in [1.54, 1.807) is 0 Å². The number of benzene rings is 1. The van der Waals surface area contributed by atoms with Crippen molar-refractivity contribution in [1.82, 2.24) is 4.90 Å². The number of unbranched alkanes of at least 4 members (excludes halogenated alkanes) is 1. The Morgan fingerprint density at radius 1 is 1.22 bits per heavy atom. The zero-order chi connectivity index (χ0) is 12.8. The molecule has 0 aromatic heterocycles. The van der Waals surface area contributed by atoms with Gasteiger partial charge in [0, 0.05) is 5.02 Å². The summed E-state index contributed by atoms with van der Waals surface area (Å²) in [7, 11) is 0. The third-order valence-corrected chi connectivity index (χ3v) is 3.89. The van der Waals surface area contributed by atoms with Crippen LogP contribution in [0, 0.1) is 6.92 Å². The molecule has 0 aliphatic carbocycles. The fourth-order valence-corrected chi connectivity index (χ4v) is 2.46. The summed E-state index contributed by atoms with van der Waals surface area (Å²) in [6.45, 7) is 6.61. The number of ether oxygens (including phenoxy) is 1. The van der Waals surface area contributed by atoms with Crippen LogP contribution in [0.15, 0.2) is 18.2 Å². The van der Waals surface area contributed by atoms with Gasteiger partial charge in [-0.3, -0.25) is 0 Å². The van der Waals surface area contributed by atoms with Gasteiger partial charge in [0.05, 0.1) is 6.61 Å². The fourth-order valence-electron chi connectivity index (χ4n) is 2.34. The van der Waals surface area contributed by atoms with Gasteiger partial charge >= 0.3 is 0 Å². The maximum Gasteiger partial charge on any atom is 0.119 e. The minimum Gasteiger partial charge on any atom is -0.494 e. The zero-order valence-corrected chi connectivity index (χ0v) is 11.9. The fraction of sp³-hybridized carbons (Fsp3) is 0.600.